The summed E-state index contributed by atoms with van der Waals surface area (Å²) in [6, 6.07) is 7.86. The summed E-state index contributed by atoms with van der Waals surface area (Å²) in [6.45, 7) is 13.9. The fourth-order valence-electron chi connectivity index (χ4n) is 7.23. The van der Waals surface area contributed by atoms with Crippen molar-refractivity contribution in [3.8, 4) is 5.88 Å². The first-order valence-corrected chi connectivity index (χ1v) is 19.4. The molecule has 3 N–H and O–H groups in total. The highest BCUT2D eigenvalue weighted by atomic mass is 32.2. The summed E-state index contributed by atoms with van der Waals surface area (Å²) in [4.78, 5) is 17.4. The van der Waals surface area contributed by atoms with Crippen LogP contribution in [-0.2, 0) is 32.3 Å². The summed E-state index contributed by atoms with van der Waals surface area (Å²) >= 11 is 0. The summed E-state index contributed by atoms with van der Waals surface area (Å²) in [5, 5.41) is 31.4. The maximum absolute atomic E-state index is 14.7. The van der Waals surface area contributed by atoms with Gasteiger partial charge >= 0.3 is 12.1 Å². The number of rotatable bonds is 9. The molecule has 2 aliphatic rings. The molecule has 4 aromatic rings. The number of ether oxygens (including phenoxy) is 2. The van der Waals surface area contributed by atoms with Crippen LogP contribution in [-0.4, -0.2) is 85.5 Å². The molecule has 55 heavy (non-hydrogen) atoms. The molecule has 0 unspecified atom stereocenters. The summed E-state index contributed by atoms with van der Waals surface area (Å²) < 4.78 is 84.9. The van der Waals surface area contributed by atoms with E-state index in [1.54, 1.807) is 52.8 Å². The number of nitrogens with zero attached hydrogens (tertiary/aromatic N) is 5. The van der Waals surface area contributed by atoms with Crippen LogP contribution in [0.2, 0.25) is 0 Å². The van der Waals surface area contributed by atoms with E-state index in [1.165, 1.54) is 36.5 Å². The molecule has 0 amide bonds. The quantitative estimate of drug-likeness (QED) is 0.182. The molecule has 1 saturated heterocycles. The molecule has 1 fully saturated rings. The van der Waals surface area contributed by atoms with E-state index in [0.717, 1.165) is 9.96 Å². The van der Waals surface area contributed by atoms with Crippen LogP contribution in [0.25, 0.3) is 5.65 Å². The Bertz CT molecular complexity index is 2250. The number of fused-ring (bicyclic) bond motifs is 2. The number of carboxylic acid groups (broad SMARTS) is 1. The molecule has 13 nitrogen and oxygen atoms in total. The zero-order valence-corrected chi connectivity index (χ0v) is 32.9. The number of carboxylic acids is 1. The first-order valence-electron chi connectivity index (χ1n) is 18.0. The molecule has 3 aromatic heterocycles. The molecule has 0 aliphatic carbocycles. The second-order valence-corrected chi connectivity index (χ2v) is 17.8. The Labute approximate surface area is 317 Å². The Kier molecular flexibility index (Phi) is 10.3. The summed E-state index contributed by atoms with van der Waals surface area (Å²) in [5.41, 5.74) is -0.458. The van der Waals surface area contributed by atoms with Gasteiger partial charge in [0.1, 0.15) is 16.3 Å². The van der Waals surface area contributed by atoms with Crippen LogP contribution in [0.3, 0.4) is 0 Å². The highest BCUT2D eigenvalue weighted by Gasteiger charge is 2.47. The van der Waals surface area contributed by atoms with Crippen LogP contribution < -0.4 is 10.1 Å². The number of hydrogen-bond acceptors (Lipinski definition) is 10. The number of aryl methyl sites for hydroxylation is 3. The number of sulfonamides is 1. The predicted molar refractivity (Wildman–Crippen MR) is 197 cm³/mol. The molecule has 17 heteroatoms. The highest BCUT2D eigenvalue weighted by molar-refractivity contribution is 7.89. The van der Waals surface area contributed by atoms with Gasteiger partial charge in [0.2, 0.25) is 21.7 Å². The normalized spacial score (nSPS) is 18.7. The lowest BCUT2D eigenvalue weighted by atomic mass is 9.70. The third-order valence-electron chi connectivity index (χ3n) is 11.1. The number of aliphatic hydroxyl groups is 1. The van der Waals surface area contributed by atoms with Gasteiger partial charge in [-0.2, -0.15) is 22.5 Å². The molecule has 1 aromatic carbocycles. The summed E-state index contributed by atoms with van der Waals surface area (Å²) in [5.74, 6) is -2.91. The lowest BCUT2D eigenvalue weighted by Crippen LogP contribution is -2.50. The van der Waals surface area contributed by atoms with Gasteiger partial charge in [0.15, 0.2) is 5.65 Å². The van der Waals surface area contributed by atoms with Crippen molar-refractivity contribution in [1.82, 2.24) is 23.9 Å². The van der Waals surface area contributed by atoms with E-state index in [2.05, 4.69) is 20.5 Å². The molecule has 0 radical (unpaired) electrons. The van der Waals surface area contributed by atoms with Crippen molar-refractivity contribution in [3.63, 3.8) is 0 Å². The zero-order valence-electron chi connectivity index (χ0n) is 32.1. The second kappa shape index (κ2) is 14.0. The molecular formula is C38H47F3N6O7S. The number of pyridine rings is 2. The fraction of sp³-hybridized carbons (Fsp3) is 0.526. The van der Waals surface area contributed by atoms with Crippen LogP contribution in [0.4, 0.5) is 19.0 Å². The second-order valence-electron chi connectivity index (χ2n) is 15.9. The van der Waals surface area contributed by atoms with Crippen molar-refractivity contribution < 1.29 is 46.1 Å². The van der Waals surface area contributed by atoms with Crippen LogP contribution in [0.5, 0.6) is 5.88 Å². The van der Waals surface area contributed by atoms with Crippen molar-refractivity contribution in [2.45, 2.75) is 109 Å². The van der Waals surface area contributed by atoms with Gasteiger partial charge in [0.25, 0.3) is 0 Å². The topological polar surface area (TPSA) is 168 Å². The van der Waals surface area contributed by atoms with Gasteiger partial charge in [-0.05, 0) is 101 Å². The molecule has 0 saturated carbocycles. The SMILES string of the molecule is Cc1ccc([C@H](c2ccn3c(C(F)(F)F)nnc3c2C)C(C)(C)C(=O)O)cc1CN1CC2(CCOCC2)Oc2nc(N[C@H](C)C(C)(C)O)c(C)cc2S1(=O)=O. The molecule has 1 spiro atoms. The van der Waals surface area contributed by atoms with Crippen LogP contribution in [0.15, 0.2) is 41.4 Å². The van der Waals surface area contributed by atoms with Crippen LogP contribution in [0, 0.1) is 26.2 Å². The Balaban J connectivity index is 1.45. The van der Waals surface area contributed by atoms with Crippen molar-refractivity contribution in [2.24, 2.45) is 5.41 Å². The fourth-order valence-corrected chi connectivity index (χ4v) is 8.85. The number of alkyl halides is 3. The Morgan fingerprint density at radius 3 is 2.33 bits per heavy atom. The first kappa shape index (κ1) is 40.3. The minimum absolute atomic E-state index is 0.0190. The zero-order chi connectivity index (χ0) is 40.5. The number of aliphatic carboxylic acids is 1. The first-order chi connectivity index (χ1) is 25.5. The Morgan fingerprint density at radius 1 is 1.04 bits per heavy atom. The van der Waals surface area contributed by atoms with E-state index in [-0.39, 0.29) is 29.5 Å². The molecule has 2 atom stereocenters. The van der Waals surface area contributed by atoms with E-state index in [9.17, 15) is 36.6 Å². The molecule has 5 heterocycles. The van der Waals surface area contributed by atoms with E-state index in [1.807, 2.05) is 6.92 Å². The summed E-state index contributed by atoms with van der Waals surface area (Å²) in [6.07, 6.45) is -2.78. The van der Waals surface area contributed by atoms with Gasteiger partial charge in [-0.25, -0.2) is 8.42 Å². The average molecular weight is 789 g/mol. The molecule has 298 valence electrons. The van der Waals surface area contributed by atoms with E-state index >= 15 is 0 Å². The standard InChI is InChI=1S/C38H47F3N6O7S/c1-21-9-10-25(29(35(5,6)34(48)49)27-11-14-47-31(23(27)3)44-45-33(47)38(39,40)41)18-26(21)19-46-20-37(12-15-53-16-13-37)54-32-28(55(46,51)52)17-22(2)30(43-32)42-24(4)36(7,8)50/h9-11,14,17-18,24,29,50H,12-13,15-16,19-20H2,1-8H3,(H,42,43)(H,48,49)/t24-,29-/m1/s1. The maximum Gasteiger partial charge on any atom is 0.452 e. The van der Waals surface area contributed by atoms with Gasteiger partial charge in [0, 0.05) is 31.5 Å². The molecule has 0 bridgehead atoms. The third kappa shape index (κ3) is 7.50. The van der Waals surface area contributed by atoms with E-state index in [0.29, 0.717) is 59.7 Å². The molecule has 2 aliphatic heterocycles. The largest absolute Gasteiger partial charge is 0.481 e. The number of benzene rings is 1. The number of halogens is 3. The van der Waals surface area contributed by atoms with Crippen LogP contribution in [0.1, 0.15) is 92.6 Å². The van der Waals surface area contributed by atoms with Gasteiger partial charge in [-0.15, -0.1) is 10.2 Å². The average Bonchev–Trinajstić information content (AvgIpc) is 3.51. The van der Waals surface area contributed by atoms with E-state index < -0.39 is 56.6 Å². The Morgan fingerprint density at radius 2 is 1.71 bits per heavy atom. The number of carbonyl (C=O) groups is 1. The molecular weight excluding hydrogens is 742 g/mol. The van der Waals surface area contributed by atoms with E-state index in [4.69, 9.17) is 9.47 Å². The minimum atomic E-state index is -4.76. The van der Waals surface area contributed by atoms with Gasteiger partial charge < -0.3 is 25.0 Å². The van der Waals surface area contributed by atoms with Crippen molar-refractivity contribution in [2.75, 3.05) is 25.1 Å². The van der Waals surface area contributed by atoms with Gasteiger partial charge in [0.05, 0.1) is 36.8 Å². The predicted octanol–water partition coefficient (Wildman–Crippen LogP) is 6.01. The Hall–Kier alpha value is -4.32. The maximum atomic E-state index is 14.7. The van der Waals surface area contributed by atoms with Gasteiger partial charge in [-0.3, -0.25) is 9.20 Å². The minimum Gasteiger partial charge on any atom is -0.481 e. The van der Waals surface area contributed by atoms with Crippen molar-refractivity contribution in [3.05, 3.63) is 75.7 Å². The van der Waals surface area contributed by atoms with Crippen LogP contribution >= 0.6 is 0 Å². The monoisotopic (exact) mass is 788 g/mol. The highest BCUT2D eigenvalue weighted by Crippen LogP contribution is 2.45. The van der Waals surface area contributed by atoms with Crippen molar-refractivity contribution in [1.29, 1.82) is 0 Å². The summed E-state index contributed by atoms with van der Waals surface area (Å²) in [7, 11) is -4.25. The number of nitrogens with one attached hydrogen (secondary N) is 1. The van der Waals surface area contributed by atoms with Crippen molar-refractivity contribution >= 4 is 27.5 Å². The lowest BCUT2D eigenvalue weighted by Gasteiger charge is -2.38. The lowest BCUT2D eigenvalue weighted by molar-refractivity contribution is -0.147. The molecule has 6 rings (SSSR count). The number of anilines is 1. The van der Waals surface area contributed by atoms with Gasteiger partial charge in [-0.1, -0.05) is 18.2 Å². The number of hydrogen-bond donors (Lipinski definition) is 3. The third-order valence-corrected chi connectivity index (χ3v) is 12.9. The smallest absolute Gasteiger partial charge is 0.452 e. The number of aromatic nitrogens is 4.